The third kappa shape index (κ3) is 3.62. The van der Waals surface area contributed by atoms with Crippen LogP contribution in [-0.2, 0) is 0 Å². The Morgan fingerprint density at radius 3 is 2.56 bits per heavy atom. The Bertz CT molecular complexity index is 392. The predicted molar refractivity (Wildman–Crippen MR) is 63.1 cm³/mol. The van der Waals surface area contributed by atoms with Gasteiger partial charge in [0, 0.05) is 11.7 Å². The van der Waals surface area contributed by atoms with Crippen molar-refractivity contribution >= 4 is 11.7 Å². The number of nitrogens with one attached hydrogen (secondary N) is 2. The molecule has 0 aromatic heterocycles. The second kappa shape index (κ2) is 5.76. The summed E-state index contributed by atoms with van der Waals surface area (Å²) in [6.45, 7) is 3.95. The monoisotopic (exact) mass is 217 g/mol. The van der Waals surface area contributed by atoms with E-state index in [1.807, 2.05) is 19.9 Å². The molecule has 0 saturated heterocycles. The van der Waals surface area contributed by atoms with Gasteiger partial charge in [-0.15, -0.1) is 0 Å². The van der Waals surface area contributed by atoms with Crippen molar-refractivity contribution in [1.29, 1.82) is 5.26 Å². The van der Waals surface area contributed by atoms with Gasteiger partial charge in [-0.25, -0.2) is 4.79 Å². The van der Waals surface area contributed by atoms with E-state index in [9.17, 15) is 4.79 Å². The van der Waals surface area contributed by atoms with Gasteiger partial charge in [0.1, 0.15) is 0 Å². The number of hydrogen-bond donors (Lipinski definition) is 2. The molecule has 0 spiro atoms. The van der Waals surface area contributed by atoms with Gasteiger partial charge in [0.2, 0.25) is 0 Å². The summed E-state index contributed by atoms with van der Waals surface area (Å²) < 4.78 is 0. The van der Waals surface area contributed by atoms with Crippen molar-refractivity contribution in [3.8, 4) is 6.07 Å². The molecule has 0 aliphatic rings. The van der Waals surface area contributed by atoms with Crippen LogP contribution in [0.5, 0.6) is 0 Å². The van der Waals surface area contributed by atoms with Crippen molar-refractivity contribution in [2.45, 2.75) is 26.3 Å². The fourth-order valence-corrected chi connectivity index (χ4v) is 1.12. The summed E-state index contributed by atoms with van der Waals surface area (Å²) in [7, 11) is 0. The van der Waals surface area contributed by atoms with Gasteiger partial charge in [-0.2, -0.15) is 5.26 Å². The van der Waals surface area contributed by atoms with Gasteiger partial charge in [-0.1, -0.05) is 6.92 Å². The predicted octanol–water partition coefficient (Wildman–Crippen LogP) is 2.48. The zero-order valence-corrected chi connectivity index (χ0v) is 9.45. The molecule has 1 atom stereocenters. The van der Waals surface area contributed by atoms with Crippen molar-refractivity contribution in [2.75, 3.05) is 5.32 Å². The van der Waals surface area contributed by atoms with Gasteiger partial charge in [-0.05, 0) is 37.6 Å². The van der Waals surface area contributed by atoms with Crippen molar-refractivity contribution in [3.05, 3.63) is 29.8 Å². The van der Waals surface area contributed by atoms with Crippen LogP contribution in [0, 0.1) is 11.3 Å². The SMILES string of the molecule is CCC(C)NC(=O)Nc1ccc(C#N)cc1. The molecule has 0 radical (unpaired) electrons. The first kappa shape index (κ1) is 12.1. The van der Waals surface area contributed by atoms with E-state index < -0.39 is 0 Å². The number of carbonyl (C=O) groups is 1. The normalized spacial score (nSPS) is 11.3. The third-order valence-corrected chi connectivity index (χ3v) is 2.26. The van der Waals surface area contributed by atoms with Crippen molar-refractivity contribution in [1.82, 2.24) is 5.32 Å². The molecule has 84 valence electrons. The highest BCUT2D eigenvalue weighted by molar-refractivity contribution is 5.89. The largest absolute Gasteiger partial charge is 0.335 e. The molecule has 0 aliphatic carbocycles. The Kier molecular flexibility index (Phi) is 4.34. The number of nitriles is 1. The standard InChI is InChI=1S/C12H15N3O/c1-3-9(2)14-12(16)15-11-6-4-10(8-13)5-7-11/h4-7,9H,3H2,1-2H3,(H2,14,15,16). The van der Waals surface area contributed by atoms with Gasteiger partial charge >= 0.3 is 6.03 Å². The molecule has 0 heterocycles. The Labute approximate surface area is 95.3 Å². The molecule has 16 heavy (non-hydrogen) atoms. The minimum atomic E-state index is -0.223. The maximum atomic E-state index is 11.4. The van der Waals surface area contributed by atoms with Gasteiger partial charge in [0.25, 0.3) is 0 Å². The molecule has 1 aromatic rings. The molecule has 0 saturated carbocycles. The first-order valence-corrected chi connectivity index (χ1v) is 5.23. The lowest BCUT2D eigenvalue weighted by atomic mass is 10.2. The Morgan fingerprint density at radius 1 is 1.44 bits per heavy atom. The van der Waals surface area contributed by atoms with Crippen molar-refractivity contribution in [2.24, 2.45) is 0 Å². The quantitative estimate of drug-likeness (QED) is 0.816. The Hall–Kier alpha value is -2.02. The molecular formula is C12H15N3O. The molecule has 0 aliphatic heterocycles. The van der Waals surface area contributed by atoms with Crippen LogP contribution in [0.2, 0.25) is 0 Å². The van der Waals surface area contributed by atoms with Crippen LogP contribution >= 0.6 is 0 Å². The van der Waals surface area contributed by atoms with E-state index in [4.69, 9.17) is 5.26 Å². The first-order valence-electron chi connectivity index (χ1n) is 5.23. The number of hydrogen-bond acceptors (Lipinski definition) is 2. The van der Waals surface area contributed by atoms with E-state index in [-0.39, 0.29) is 12.1 Å². The van der Waals surface area contributed by atoms with Crippen LogP contribution in [0.3, 0.4) is 0 Å². The van der Waals surface area contributed by atoms with E-state index in [0.29, 0.717) is 11.3 Å². The van der Waals surface area contributed by atoms with Gasteiger partial charge in [0.15, 0.2) is 0 Å². The Balaban J connectivity index is 2.53. The third-order valence-electron chi connectivity index (χ3n) is 2.26. The molecular weight excluding hydrogens is 202 g/mol. The van der Waals surface area contributed by atoms with Crippen LogP contribution in [0.15, 0.2) is 24.3 Å². The summed E-state index contributed by atoms with van der Waals surface area (Å²) in [4.78, 5) is 11.4. The fraction of sp³-hybridized carbons (Fsp3) is 0.333. The number of nitrogens with zero attached hydrogens (tertiary/aromatic N) is 1. The number of amides is 2. The summed E-state index contributed by atoms with van der Waals surface area (Å²) >= 11 is 0. The van der Waals surface area contributed by atoms with Crippen LogP contribution in [-0.4, -0.2) is 12.1 Å². The number of anilines is 1. The maximum Gasteiger partial charge on any atom is 0.319 e. The topological polar surface area (TPSA) is 64.9 Å². The molecule has 2 amide bonds. The van der Waals surface area contributed by atoms with Gasteiger partial charge < -0.3 is 10.6 Å². The molecule has 4 heteroatoms. The second-order valence-electron chi connectivity index (χ2n) is 3.60. The maximum absolute atomic E-state index is 11.4. The molecule has 0 fully saturated rings. The van der Waals surface area contributed by atoms with Crippen LogP contribution in [0.1, 0.15) is 25.8 Å². The van der Waals surface area contributed by atoms with Gasteiger partial charge in [0.05, 0.1) is 11.6 Å². The Morgan fingerprint density at radius 2 is 2.06 bits per heavy atom. The zero-order chi connectivity index (χ0) is 12.0. The van der Waals surface area contributed by atoms with Crippen molar-refractivity contribution in [3.63, 3.8) is 0 Å². The summed E-state index contributed by atoms with van der Waals surface area (Å²) in [5.74, 6) is 0. The zero-order valence-electron chi connectivity index (χ0n) is 9.45. The van der Waals surface area contributed by atoms with E-state index in [1.165, 1.54) is 0 Å². The molecule has 1 unspecified atom stereocenters. The molecule has 1 aromatic carbocycles. The highest BCUT2D eigenvalue weighted by atomic mass is 16.2. The molecule has 0 bridgehead atoms. The van der Waals surface area contributed by atoms with E-state index in [2.05, 4.69) is 10.6 Å². The van der Waals surface area contributed by atoms with Crippen LogP contribution in [0.25, 0.3) is 0 Å². The lowest BCUT2D eigenvalue weighted by Crippen LogP contribution is -2.35. The molecule has 4 nitrogen and oxygen atoms in total. The van der Waals surface area contributed by atoms with E-state index in [1.54, 1.807) is 24.3 Å². The van der Waals surface area contributed by atoms with Gasteiger partial charge in [-0.3, -0.25) is 0 Å². The summed E-state index contributed by atoms with van der Waals surface area (Å²) in [5.41, 5.74) is 1.26. The minimum Gasteiger partial charge on any atom is -0.335 e. The van der Waals surface area contributed by atoms with E-state index in [0.717, 1.165) is 6.42 Å². The van der Waals surface area contributed by atoms with Crippen molar-refractivity contribution < 1.29 is 4.79 Å². The smallest absolute Gasteiger partial charge is 0.319 e. The summed E-state index contributed by atoms with van der Waals surface area (Å²) in [6, 6.07) is 8.69. The molecule has 2 N–H and O–H groups in total. The lowest BCUT2D eigenvalue weighted by molar-refractivity contribution is 0.249. The summed E-state index contributed by atoms with van der Waals surface area (Å²) in [6.07, 6.45) is 0.890. The highest BCUT2D eigenvalue weighted by Crippen LogP contribution is 2.08. The highest BCUT2D eigenvalue weighted by Gasteiger charge is 2.04. The number of carbonyl (C=O) groups excluding carboxylic acids is 1. The lowest BCUT2D eigenvalue weighted by Gasteiger charge is -2.12. The first-order chi connectivity index (χ1) is 7.65. The average Bonchev–Trinajstić information content (AvgIpc) is 2.29. The fourth-order valence-electron chi connectivity index (χ4n) is 1.12. The average molecular weight is 217 g/mol. The second-order valence-corrected chi connectivity index (χ2v) is 3.60. The molecule has 1 rings (SSSR count). The van der Waals surface area contributed by atoms with Crippen LogP contribution < -0.4 is 10.6 Å². The van der Waals surface area contributed by atoms with Crippen LogP contribution in [0.4, 0.5) is 10.5 Å². The summed E-state index contributed by atoms with van der Waals surface area (Å²) in [5, 5.41) is 14.1. The minimum absolute atomic E-state index is 0.151. The number of benzene rings is 1. The van der Waals surface area contributed by atoms with E-state index >= 15 is 0 Å². The number of urea groups is 1. The number of rotatable bonds is 3.